The van der Waals surface area contributed by atoms with Crippen LogP contribution in [0.1, 0.15) is 26.2 Å². The number of benzene rings is 1. The van der Waals surface area contributed by atoms with Gasteiger partial charge < -0.3 is 15.4 Å². The number of anilines is 1. The second kappa shape index (κ2) is 8.74. The number of urea groups is 1. The molecule has 2 N–H and O–H groups in total. The van der Waals surface area contributed by atoms with Gasteiger partial charge in [-0.3, -0.25) is 4.79 Å². The maximum Gasteiger partial charge on any atom is 0.319 e. The molecule has 0 aromatic heterocycles. The van der Waals surface area contributed by atoms with E-state index < -0.39 is 0 Å². The number of nitrogens with one attached hydrogen (secondary N) is 2. The zero-order valence-corrected chi connectivity index (χ0v) is 11.6. The molecule has 1 aromatic rings. The molecule has 5 heteroatoms. The zero-order chi connectivity index (χ0) is 14.8. The summed E-state index contributed by atoms with van der Waals surface area (Å²) in [5, 5.41) is 5.38. The fourth-order valence-electron chi connectivity index (χ4n) is 1.45. The molecule has 108 valence electrons. The summed E-state index contributed by atoms with van der Waals surface area (Å²) >= 11 is 0. The summed E-state index contributed by atoms with van der Waals surface area (Å²) < 4.78 is 5.16. The van der Waals surface area contributed by atoms with Crippen LogP contribution in [0.4, 0.5) is 10.5 Å². The Morgan fingerprint density at radius 2 is 2.20 bits per heavy atom. The highest BCUT2D eigenvalue weighted by Crippen LogP contribution is 2.18. The van der Waals surface area contributed by atoms with E-state index in [0.29, 0.717) is 24.4 Å². The van der Waals surface area contributed by atoms with Gasteiger partial charge in [-0.25, -0.2) is 4.79 Å². The van der Waals surface area contributed by atoms with E-state index in [4.69, 9.17) is 4.74 Å². The quantitative estimate of drug-likeness (QED) is 0.457. The third-order valence-electron chi connectivity index (χ3n) is 2.41. The lowest BCUT2D eigenvalue weighted by Crippen LogP contribution is -2.29. The van der Waals surface area contributed by atoms with Crippen LogP contribution in [0.3, 0.4) is 0 Å². The number of ether oxygens (including phenoxy) is 1. The monoisotopic (exact) mass is 276 g/mol. The average molecular weight is 276 g/mol. The van der Waals surface area contributed by atoms with Crippen molar-refractivity contribution in [3.05, 3.63) is 36.9 Å². The first-order valence-electron chi connectivity index (χ1n) is 6.62. The molecular formula is C15H20N2O3. The Labute approximate surface area is 119 Å². The van der Waals surface area contributed by atoms with E-state index >= 15 is 0 Å². The molecule has 20 heavy (non-hydrogen) atoms. The topological polar surface area (TPSA) is 67.4 Å². The predicted octanol–water partition coefficient (Wildman–Crippen LogP) is 3.09. The van der Waals surface area contributed by atoms with E-state index in [1.165, 1.54) is 0 Å². The van der Waals surface area contributed by atoms with Crippen molar-refractivity contribution < 1.29 is 14.3 Å². The molecule has 0 saturated heterocycles. The highest BCUT2D eigenvalue weighted by Gasteiger charge is 2.05. The Bertz CT molecular complexity index is 472. The Morgan fingerprint density at radius 3 is 2.90 bits per heavy atom. The van der Waals surface area contributed by atoms with Crippen molar-refractivity contribution in [3.8, 4) is 5.75 Å². The Kier molecular flexibility index (Phi) is 6.89. The molecule has 0 aliphatic carbocycles. The molecule has 0 unspecified atom stereocenters. The number of hydrogen-bond acceptors (Lipinski definition) is 3. The molecule has 0 spiro atoms. The summed E-state index contributed by atoms with van der Waals surface area (Å²) in [5.74, 6) is 0.0878. The van der Waals surface area contributed by atoms with Crippen molar-refractivity contribution in [1.82, 2.24) is 5.32 Å². The van der Waals surface area contributed by atoms with Crippen LogP contribution < -0.4 is 15.4 Å². The first kappa shape index (κ1) is 15.8. The smallest absolute Gasteiger partial charge is 0.319 e. The molecule has 0 aliphatic rings. The number of rotatable bonds is 7. The van der Waals surface area contributed by atoms with Gasteiger partial charge in [0.15, 0.2) is 0 Å². The van der Waals surface area contributed by atoms with Crippen LogP contribution in [0, 0.1) is 0 Å². The lowest BCUT2D eigenvalue weighted by molar-refractivity contribution is -0.134. The lowest BCUT2D eigenvalue weighted by atomic mass is 10.3. The van der Waals surface area contributed by atoms with Gasteiger partial charge in [-0.15, -0.1) is 6.58 Å². The van der Waals surface area contributed by atoms with E-state index in [9.17, 15) is 9.59 Å². The molecule has 1 aromatic carbocycles. The van der Waals surface area contributed by atoms with Gasteiger partial charge in [0.25, 0.3) is 0 Å². The molecule has 0 saturated carbocycles. The minimum atomic E-state index is -0.322. The van der Waals surface area contributed by atoms with Gasteiger partial charge >= 0.3 is 12.0 Å². The highest BCUT2D eigenvalue weighted by molar-refractivity contribution is 5.89. The number of hydrogen-bond donors (Lipinski definition) is 2. The van der Waals surface area contributed by atoms with Crippen LogP contribution in [-0.4, -0.2) is 18.5 Å². The van der Waals surface area contributed by atoms with Crippen LogP contribution >= 0.6 is 0 Å². The summed E-state index contributed by atoms with van der Waals surface area (Å²) in [6.07, 6.45) is 3.40. The third kappa shape index (κ3) is 6.04. The van der Waals surface area contributed by atoms with Crippen LogP contribution in [0.25, 0.3) is 0 Å². The van der Waals surface area contributed by atoms with Gasteiger partial charge in [-0.05, 0) is 25.0 Å². The van der Waals surface area contributed by atoms with Crippen LogP contribution in [0.15, 0.2) is 36.9 Å². The Balaban J connectivity index is 2.54. The van der Waals surface area contributed by atoms with Gasteiger partial charge in [-0.1, -0.05) is 19.1 Å². The minimum Gasteiger partial charge on any atom is -0.426 e. The SMILES string of the molecule is C=CCCC(=O)Oc1cccc(NC(=O)NCCC)c1. The Morgan fingerprint density at radius 1 is 1.40 bits per heavy atom. The summed E-state index contributed by atoms with van der Waals surface area (Å²) in [4.78, 5) is 23.0. The summed E-state index contributed by atoms with van der Waals surface area (Å²) in [5.41, 5.74) is 0.577. The first-order chi connectivity index (χ1) is 9.65. The van der Waals surface area contributed by atoms with Gasteiger partial charge in [0.2, 0.25) is 0 Å². The van der Waals surface area contributed by atoms with Gasteiger partial charge in [0, 0.05) is 24.7 Å². The number of carbonyl (C=O) groups is 2. The highest BCUT2D eigenvalue weighted by atomic mass is 16.5. The van der Waals surface area contributed by atoms with E-state index in [1.54, 1.807) is 30.3 Å². The van der Waals surface area contributed by atoms with E-state index in [2.05, 4.69) is 17.2 Å². The fraction of sp³-hybridized carbons (Fsp3) is 0.333. The van der Waals surface area contributed by atoms with Crippen molar-refractivity contribution in [3.63, 3.8) is 0 Å². The molecule has 0 radical (unpaired) electrons. The maximum atomic E-state index is 11.5. The molecule has 0 bridgehead atoms. The van der Waals surface area contributed by atoms with Crippen molar-refractivity contribution in [2.24, 2.45) is 0 Å². The molecule has 1 rings (SSSR count). The second-order valence-electron chi connectivity index (χ2n) is 4.21. The minimum absolute atomic E-state index is 0.276. The van der Waals surface area contributed by atoms with Crippen molar-refractivity contribution in [2.45, 2.75) is 26.2 Å². The molecule has 0 atom stereocenters. The molecule has 5 nitrogen and oxygen atoms in total. The zero-order valence-electron chi connectivity index (χ0n) is 11.6. The molecule has 0 aliphatic heterocycles. The number of esters is 1. The fourth-order valence-corrected chi connectivity index (χ4v) is 1.45. The summed E-state index contributed by atoms with van der Waals surface area (Å²) in [6.45, 7) is 6.14. The Hall–Kier alpha value is -2.30. The molecule has 2 amide bonds. The van der Waals surface area contributed by atoms with Crippen molar-refractivity contribution >= 4 is 17.7 Å². The predicted molar refractivity (Wildman–Crippen MR) is 78.8 cm³/mol. The lowest BCUT2D eigenvalue weighted by Gasteiger charge is -2.08. The van der Waals surface area contributed by atoms with Crippen LogP contribution in [0.2, 0.25) is 0 Å². The average Bonchev–Trinajstić information content (AvgIpc) is 2.43. The normalized spacial score (nSPS) is 9.65. The number of amides is 2. The van der Waals surface area contributed by atoms with Gasteiger partial charge in [-0.2, -0.15) is 0 Å². The molecule has 0 heterocycles. The molecular weight excluding hydrogens is 256 g/mol. The second-order valence-corrected chi connectivity index (χ2v) is 4.21. The summed E-state index contributed by atoms with van der Waals surface area (Å²) in [6, 6.07) is 6.44. The van der Waals surface area contributed by atoms with Crippen LogP contribution in [-0.2, 0) is 4.79 Å². The van der Waals surface area contributed by atoms with Gasteiger partial charge in [0.1, 0.15) is 5.75 Å². The third-order valence-corrected chi connectivity index (χ3v) is 2.41. The summed E-state index contributed by atoms with van der Waals surface area (Å²) in [7, 11) is 0. The number of carbonyl (C=O) groups excluding carboxylic acids is 2. The maximum absolute atomic E-state index is 11.5. The largest absolute Gasteiger partial charge is 0.426 e. The van der Waals surface area contributed by atoms with Crippen molar-refractivity contribution in [1.29, 1.82) is 0 Å². The standard InChI is InChI=1S/C15H20N2O3/c1-3-5-9-14(18)20-13-8-6-7-12(11-13)17-15(19)16-10-4-2/h3,6-8,11H,1,4-5,9-10H2,2H3,(H2,16,17,19). The van der Waals surface area contributed by atoms with Crippen LogP contribution in [0.5, 0.6) is 5.75 Å². The number of allylic oxidation sites excluding steroid dienone is 1. The van der Waals surface area contributed by atoms with E-state index in [-0.39, 0.29) is 18.4 Å². The van der Waals surface area contributed by atoms with E-state index in [0.717, 1.165) is 6.42 Å². The van der Waals surface area contributed by atoms with Crippen molar-refractivity contribution in [2.75, 3.05) is 11.9 Å². The molecule has 0 fully saturated rings. The van der Waals surface area contributed by atoms with E-state index in [1.807, 2.05) is 6.92 Å². The van der Waals surface area contributed by atoms with Gasteiger partial charge in [0.05, 0.1) is 0 Å². The first-order valence-corrected chi connectivity index (χ1v) is 6.62.